The highest BCUT2D eigenvalue weighted by molar-refractivity contribution is 5.46. The molecule has 1 fully saturated rings. The number of hydrogen-bond donors (Lipinski definition) is 1. The third-order valence-corrected chi connectivity index (χ3v) is 2.53. The van der Waals surface area contributed by atoms with Crippen LogP contribution in [0.2, 0.25) is 0 Å². The maximum atomic E-state index is 13.0. The smallest absolute Gasteiger partial charge is 0.0950 e. The number of anilines is 1. The quantitative estimate of drug-likeness (QED) is 0.751. The van der Waals surface area contributed by atoms with E-state index in [4.69, 9.17) is 4.74 Å². The maximum Gasteiger partial charge on any atom is 0.0950 e. The van der Waals surface area contributed by atoms with Gasteiger partial charge in [0.15, 0.2) is 0 Å². The summed E-state index contributed by atoms with van der Waals surface area (Å²) in [7, 11) is 1.39. The van der Waals surface area contributed by atoms with Gasteiger partial charge in [0.25, 0.3) is 0 Å². The highest BCUT2D eigenvalue weighted by Crippen LogP contribution is 2.23. The largest absolute Gasteiger partial charge is 0.371 e. The SMILES string of the molecule is CN(F)c1cccc(C2CNCCO2)c1. The fraction of sp³-hybridized carbons (Fsp3) is 0.455. The lowest BCUT2D eigenvalue weighted by Crippen LogP contribution is -2.33. The van der Waals surface area contributed by atoms with Gasteiger partial charge in [-0.25, -0.2) is 5.12 Å². The zero-order valence-electron chi connectivity index (χ0n) is 8.74. The highest BCUT2D eigenvalue weighted by atomic mass is 19.2. The van der Waals surface area contributed by atoms with Crippen molar-refractivity contribution >= 4 is 5.69 Å². The number of nitrogens with zero attached hydrogens (tertiary/aromatic N) is 1. The van der Waals surface area contributed by atoms with Crippen LogP contribution in [0, 0.1) is 0 Å². The van der Waals surface area contributed by atoms with Gasteiger partial charge in [0.2, 0.25) is 0 Å². The molecule has 3 nitrogen and oxygen atoms in total. The number of ether oxygens (including phenoxy) is 1. The molecule has 1 aromatic carbocycles. The van der Waals surface area contributed by atoms with E-state index in [2.05, 4.69) is 5.32 Å². The Bertz CT molecular complexity index is 324. The fourth-order valence-electron chi connectivity index (χ4n) is 1.70. The first kappa shape index (κ1) is 10.4. The molecule has 4 heteroatoms. The third kappa shape index (κ3) is 2.46. The van der Waals surface area contributed by atoms with Crippen molar-refractivity contribution in [3.8, 4) is 0 Å². The Balaban J connectivity index is 2.16. The van der Waals surface area contributed by atoms with Crippen molar-refractivity contribution in [3.05, 3.63) is 29.8 Å². The molecule has 0 saturated carbocycles. The number of halogens is 1. The van der Waals surface area contributed by atoms with Crippen LogP contribution in [0.25, 0.3) is 0 Å². The second kappa shape index (κ2) is 4.59. The van der Waals surface area contributed by atoms with Gasteiger partial charge in [-0.15, -0.1) is 4.48 Å². The molecule has 2 rings (SSSR count). The molecule has 0 radical (unpaired) electrons. The molecular formula is C11H15FN2O. The summed E-state index contributed by atoms with van der Waals surface area (Å²) < 4.78 is 18.6. The number of nitrogens with one attached hydrogen (secondary N) is 1. The van der Waals surface area contributed by atoms with Crippen LogP contribution in [0.3, 0.4) is 0 Å². The molecular weight excluding hydrogens is 195 g/mol. The number of hydrogen-bond acceptors (Lipinski definition) is 3. The van der Waals surface area contributed by atoms with Gasteiger partial charge in [-0.05, 0) is 17.7 Å². The van der Waals surface area contributed by atoms with Crippen LogP contribution < -0.4 is 10.4 Å². The van der Waals surface area contributed by atoms with Crippen molar-refractivity contribution in [3.63, 3.8) is 0 Å². The zero-order chi connectivity index (χ0) is 10.7. The molecule has 1 aliphatic heterocycles. The molecule has 0 aliphatic carbocycles. The van der Waals surface area contributed by atoms with Crippen LogP contribution in [-0.4, -0.2) is 26.7 Å². The van der Waals surface area contributed by atoms with E-state index in [1.54, 1.807) is 6.07 Å². The second-order valence-corrected chi connectivity index (χ2v) is 3.64. The summed E-state index contributed by atoms with van der Waals surface area (Å²) in [5, 5.41) is 3.86. The number of morpholine rings is 1. The second-order valence-electron chi connectivity index (χ2n) is 3.64. The summed E-state index contributed by atoms with van der Waals surface area (Å²) in [5.41, 5.74) is 1.57. The predicted molar refractivity (Wildman–Crippen MR) is 57.5 cm³/mol. The van der Waals surface area contributed by atoms with Gasteiger partial charge in [-0.3, -0.25) is 0 Å². The van der Waals surface area contributed by atoms with Crippen LogP contribution in [0.5, 0.6) is 0 Å². The Morgan fingerprint density at radius 2 is 2.40 bits per heavy atom. The molecule has 0 aromatic heterocycles. The lowest BCUT2D eigenvalue weighted by Gasteiger charge is -2.24. The van der Waals surface area contributed by atoms with Gasteiger partial charge in [-0.1, -0.05) is 12.1 Å². The fourth-order valence-corrected chi connectivity index (χ4v) is 1.70. The van der Waals surface area contributed by atoms with Gasteiger partial charge in [-0.2, -0.15) is 0 Å². The first-order valence-corrected chi connectivity index (χ1v) is 5.09. The Kier molecular flexibility index (Phi) is 3.18. The number of rotatable bonds is 2. The Morgan fingerprint density at radius 3 is 3.07 bits per heavy atom. The van der Waals surface area contributed by atoms with Crippen molar-refractivity contribution in [1.82, 2.24) is 5.32 Å². The monoisotopic (exact) mass is 210 g/mol. The van der Waals surface area contributed by atoms with E-state index in [1.165, 1.54) is 7.05 Å². The maximum absolute atomic E-state index is 13.0. The van der Waals surface area contributed by atoms with Gasteiger partial charge in [0.1, 0.15) is 0 Å². The van der Waals surface area contributed by atoms with Crippen LogP contribution in [0.4, 0.5) is 10.2 Å². The lowest BCUT2D eigenvalue weighted by molar-refractivity contribution is 0.0277. The topological polar surface area (TPSA) is 24.5 Å². The molecule has 1 aromatic rings. The van der Waals surface area contributed by atoms with E-state index in [-0.39, 0.29) is 6.10 Å². The molecule has 0 spiro atoms. The highest BCUT2D eigenvalue weighted by Gasteiger charge is 2.16. The Hall–Kier alpha value is -1.13. The van der Waals surface area contributed by atoms with Crippen molar-refractivity contribution in [1.29, 1.82) is 0 Å². The summed E-state index contributed by atoms with van der Waals surface area (Å²) in [6, 6.07) is 7.36. The average Bonchev–Trinajstić information content (AvgIpc) is 2.30. The third-order valence-electron chi connectivity index (χ3n) is 2.53. The Morgan fingerprint density at radius 1 is 1.53 bits per heavy atom. The minimum atomic E-state index is 0.0404. The van der Waals surface area contributed by atoms with E-state index in [0.717, 1.165) is 18.7 Å². The van der Waals surface area contributed by atoms with E-state index >= 15 is 0 Å². The standard InChI is InChI=1S/C11H15FN2O/c1-14(12)10-4-2-3-9(7-10)11-8-13-5-6-15-11/h2-4,7,11,13H,5-6,8H2,1H3. The summed E-state index contributed by atoms with van der Waals surface area (Å²) in [6.07, 6.45) is 0.0404. The van der Waals surface area contributed by atoms with Crippen molar-refractivity contribution in [2.75, 3.05) is 31.9 Å². The van der Waals surface area contributed by atoms with Crippen molar-refractivity contribution in [2.45, 2.75) is 6.10 Å². The van der Waals surface area contributed by atoms with Crippen LogP contribution in [-0.2, 0) is 4.74 Å². The van der Waals surface area contributed by atoms with E-state index in [1.807, 2.05) is 18.2 Å². The minimum absolute atomic E-state index is 0.0404. The summed E-state index contributed by atoms with van der Waals surface area (Å²) in [6.45, 7) is 2.39. The molecule has 1 atom stereocenters. The average molecular weight is 210 g/mol. The molecule has 82 valence electrons. The molecule has 1 heterocycles. The van der Waals surface area contributed by atoms with Crippen LogP contribution in [0.1, 0.15) is 11.7 Å². The Labute approximate surface area is 88.8 Å². The first-order valence-electron chi connectivity index (χ1n) is 5.09. The van der Waals surface area contributed by atoms with E-state index in [9.17, 15) is 4.48 Å². The van der Waals surface area contributed by atoms with Gasteiger partial charge in [0.05, 0.1) is 18.4 Å². The van der Waals surface area contributed by atoms with E-state index < -0.39 is 0 Å². The molecule has 1 saturated heterocycles. The minimum Gasteiger partial charge on any atom is -0.371 e. The molecule has 15 heavy (non-hydrogen) atoms. The summed E-state index contributed by atoms with van der Waals surface area (Å²) >= 11 is 0. The van der Waals surface area contributed by atoms with Crippen molar-refractivity contribution in [2.24, 2.45) is 0 Å². The molecule has 0 amide bonds. The van der Waals surface area contributed by atoms with Crippen LogP contribution >= 0.6 is 0 Å². The van der Waals surface area contributed by atoms with E-state index in [0.29, 0.717) is 17.4 Å². The molecule has 0 bridgehead atoms. The predicted octanol–water partition coefficient (Wildman–Crippen LogP) is 1.67. The van der Waals surface area contributed by atoms with Gasteiger partial charge >= 0.3 is 0 Å². The van der Waals surface area contributed by atoms with Gasteiger partial charge < -0.3 is 10.1 Å². The first-order chi connectivity index (χ1) is 7.27. The molecule has 1 unspecified atom stereocenters. The lowest BCUT2D eigenvalue weighted by atomic mass is 10.1. The number of benzene rings is 1. The summed E-state index contributed by atoms with van der Waals surface area (Å²) in [4.78, 5) is 0. The van der Waals surface area contributed by atoms with Gasteiger partial charge in [0, 0.05) is 20.1 Å². The summed E-state index contributed by atoms with van der Waals surface area (Å²) in [5.74, 6) is 0. The normalized spacial score (nSPS) is 21.3. The molecule has 1 aliphatic rings. The molecule has 1 N–H and O–H groups in total. The van der Waals surface area contributed by atoms with Crippen LogP contribution in [0.15, 0.2) is 24.3 Å². The van der Waals surface area contributed by atoms with Crippen molar-refractivity contribution < 1.29 is 9.22 Å². The zero-order valence-corrected chi connectivity index (χ0v) is 8.74.